The van der Waals surface area contributed by atoms with E-state index in [0.29, 0.717) is 31.5 Å². The smallest absolute Gasteiger partial charge is 0.305 e. The zero-order valence-electron chi connectivity index (χ0n) is 11.7. The fourth-order valence-electron chi connectivity index (χ4n) is 2.36. The molecule has 1 heterocycles. The summed E-state index contributed by atoms with van der Waals surface area (Å²) in [7, 11) is 0. The van der Waals surface area contributed by atoms with Crippen LogP contribution in [0.3, 0.4) is 0 Å². The number of carboxylic acids is 1. The number of amides is 1. The number of likely N-dealkylation sites (tertiary alicyclic amines) is 1. The Morgan fingerprint density at radius 3 is 2.52 bits per heavy atom. The minimum absolute atomic E-state index is 0.00206. The fourth-order valence-corrected chi connectivity index (χ4v) is 2.36. The Kier molecular flexibility index (Phi) is 5.16. The molecule has 6 nitrogen and oxygen atoms in total. The summed E-state index contributed by atoms with van der Waals surface area (Å²) in [5, 5.41) is 18.3. The number of aliphatic carboxylic acids is 1. The Balaban J connectivity index is 1.82. The normalized spacial score (nSPS) is 15.9. The molecule has 0 bridgehead atoms. The Hall–Kier alpha value is -2.08. The molecule has 0 spiro atoms. The number of phenolic OH excluding ortho intramolecular Hbond substituents is 1. The first-order valence-electron chi connectivity index (χ1n) is 6.98. The van der Waals surface area contributed by atoms with Crippen molar-refractivity contribution in [2.75, 3.05) is 19.7 Å². The molecule has 0 aliphatic carbocycles. The van der Waals surface area contributed by atoms with Crippen LogP contribution < -0.4 is 0 Å². The molecule has 21 heavy (non-hydrogen) atoms. The second-order valence-electron chi connectivity index (χ2n) is 5.02. The highest BCUT2D eigenvalue weighted by Gasteiger charge is 2.25. The van der Waals surface area contributed by atoms with Crippen LogP contribution in [-0.4, -0.2) is 52.8 Å². The summed E-state index contributed by atoms with van der Waals surface area (Å²) in [5.74, 6) is -1.07. The van der Waals surface area contributed by atoms with Crippen LogP contribution in [0.2, 0.25) is 0 Å². The minimum Gasteiger partial charge on any atom is -0.507 e. The van der Waals surface area contributed by atoms with Gasteiger partial charge in [-0.3, -0.25) is 9.59 Å². The number of rotatable bonds is 5. The van der Waals surface area contributed by atoms with E-state index in [1.807, 2.05) is 0 Å². The first-order chi connectivity index (χ1) is 10.1. The number of ether oxygens (including phenoxy) is 1. The van der Waals surface area contributed by atoms with E-state index in [0.717, 1.165) is 0 Å². The molecular formula is C15H19NO5. The number of hydrogen-bond donors (Lipinski definition) is 2. The van der Waals surface area contributed by atoms with Gasteiger partial charge < -0.3 is 19.8 Å². The van der Waals surface area contributed by atoms with Gasteiger partial charge in [0.1, 0.15) is 5.75 Å². The van der Waals surface area contributed by atoms with E-state index in [2.05, 4.69) is 0 Å². The number of piperidine rings is 1. The highest BCUT2D eigenvalue weighted by Crippen LogP contribution is 2.21. The van der Waals surface area contributed by atoms with E-state index in [1.165, 1.54) is 6.07 Å². The summed E-state index contributed by atoms with van der Waals surface area (Å²) in [6.45, 7) is 1.29. The first-order valence-corrected chi connectivity index (χ1v) is 6.98. The van der Waals surface area contributed by atoms with Crippen LogP contribution >= 0.6 is 0 Å². The number of para-hydroxylation sites is 1. The molecule has 1 aliphatic rings. The number of benzene rings is 1. The molecule has 6 heteroatoms. The summed E-state index contributed by atoms with van der Waals surface area (Å²) in [6, 6.07) is 6.49. The van der Waals surface area contributed by atoms with E-state index in [-0.39, 0.29) is 30.8 Å². The van der Waals surface area contributed by atoms with Crippen LogP contribution in [0.25, 0.3) is 0 Å². The maximum absolute atomic E-state index is 12.3. The Morgan fingerprint density at radius 1 is 1.24 bits per heavy atom. The van der Waals surface area contributed by atoms with Crippen molar-refractivity contribution in [3.05, 3.63) is 29.8 Å². The maximum Gasteiger partial charge on any atom is 0.305 e. The molecule has 1 aromatic carbocycles. The number of aromatic hydroxyl groups is 1. The van der Waals surface area contributed by atoms with Crippen LogP contribution in [-0.2, 0) is 9.53 Å². The summed E-state index contributed by atoms with van der Waals surface area (Å²) < 4.78 is 5.48. The Labute approximate surface area is 122 Å². The number of carboxylic acid groups (broad SMARTS) is 1. The van der Waals surface area contributed by atoms with Gasteiger partial charge in [-0.05, 0) is 25.0 Å². The summed E-state index contributed by atoms with van der Waals surface area (Å²) in [4.78, 5) is 24.4. The lowest BCUT2D eigenvalue weighted by atomic mass is 10.1. The summed E-state index contributed by atoms with van der Waals surface area (Å²) in [6.07, 6.45) is 1.35. The van der Waals surface area contributed by atoms with E-state index in [9.17, 15) is 14.7 Å². The third-order valence-electron chi connectivity index (χ3n) is 3.53. The topological polar surface area (TPSA) is 87.1 Å². The Bertz CT molecular complexity index is 509. The third kappa shape index (κ3) is 4.19. The van der Waals surface area contributed by atoms with Gasteiger partial charge in [0.2, 0.25) is 0 Å². The fraction of sp³-hybridized carbons (Fsp3) is 0.467. The molecular weight excluding hydrogens is 274 g/mol. The molecule has 0 radical (unpaired) electrons. The van der Waals surface area contributed by atoms with Crippen molar-refractivity contribution in [2.45, 2.75) is 25.4 Å². The molecule has 1 saturated heterocycles. The SMILES string of the molecule is O=C(O)CCOC1CCN(C(=O)c2ccccc2O)CC1. The second-order valence-corrected chi connectivity index (χ2v) is 5.02. The Morgan fingerprint density at radius 2 is 1.90 bits per heavy atom. The molecule has 1 aliphatic heterocycles. The maximum atomic E-state index is 12.3. The van der Waals surface area contributed by atoms with Crippen molar-refractivity contribution in [3.63, 3.8) is 0 Å². The van der Waals surface area contributed by atoms with Crippen LogP contribution in [0.15, 0.2) is 24.3 Å². The van der Waals surface area contributed by atoms with Crippen LogP contribution in [0.4, 0.5) is 0 Å². The predicted molar refractivity (Wildman–Crippen MR) is 75.2 cm³/mol. The van der Waals surface area contributed by atoms with Crippen molar-refractivity contribution in [1.82, 2.24) is 4.90 Å². The van der Waals surface area contributed by atoms with Gasteiger partial charge in [0.15, 0.2) is 0 Å². The number of carbonyl (C=O) groups excluding carboxylic acids is 1. The van der Waals surface area contributed by atoms with Crippen molar-refractivity contribution in [3.8, 4) is 5.75 Å². The van der Waals surface area contributed by atoms with E-state index >= 15 is 0 Å². The molecule has 1 fully saturated rings. The lowest BCUT2D eigenvalue weighted by molar-refractivity contribution is -0.138. The summed E-state index contributed by atoms with van der Waals surface area (Å²) in [5.41, 5.74) is 0.308. The van der Waals surface area contributed by atoms with E-state index in [4.69, 9.17) is 9.84 Å². The number of hydrogen-bond acceptors (Lipinski definition) is 4. The predicted octanol–water partition coefficient (Wildman–Crippen LogP) is 1.49. The molecule has 2 N–H and O–H groups in total. The number of phenols is 1. The van der Waals surface area contributed by atoms with Gasteiger partial charge in [0.25, 0.3) is 5.91 Å². The van der Waals surface area contributed by atoms with Gasteiger partial charge in [-0.1, -0.05) is 12.1 Å². The second kappa shape index (κ2) is 7.08. The van der Waals surface area contributed by atoms with Crippen LogP contribution in [0, 0.1) is 0 Å². The van der Waals surface area contributed by atoms with Gasteiger partial charge in [0, 0.05) is 13.1 Å². The largest absolute Gasteiger partial charge is 0.507 e. The van der Waals surface area contributed by atoms with E-state index in [1.54, 1.807) is 23.1 Å². The van der Waals surface area contributed by atoms with Crippen molar-refractivity contribution >= 4 is 11.9 Å². The highest BCUT2D eigenvalue weighted by molar-refractivity contribution is 5.96. The van der Waals surface area contributed by atoms with Crippen molar-refractivity contribution in [1.29, 1.82) is 0 Å². The minimum atomic E-state index is -0.873. The van der Waals surface area contributed by atoms with E-state index < -0.39 is 5.97 Å². The number of carbonyl (C=O) groups is 2. The van der Waals surface area contributed by atoms with Gasteiger partial charge in [-0.15, -0.1) is 0 Å². The van der Waals surface area contributed by atoms with Gasteiger partial charge in [0.05, 0.1) is 24.7 Å². The quantitative estimate of drug-likeness (QED) is 0.859. The third-order valence-corrected chi connectivity index (χ3v) is 3.53. The molecule has 1 aromatic rings. The molecule has 0 saturated carbocycles. The monoisotopic (exact) mass is 293 g/mol. The lowest BCUT2D eigenvalue weighted by Crippen LogP contribution is -2.41. The van der Waals surface area contributed by atoms with Gasteiger partial charge in [-0.2, -0.15) is 0 Å². The van der Waals surface area contributed by atoms with Crippen molar-refractivity contribution in [2.24, 2.45) is 0 Å². The average molecular weight is 293 g/mol. The van der Waals surface area contributed by atoms with Gasteiger partial charge in [-0.25, -0.2) is 0 Å². The van der Waals surface area contributed by atoms with Crippen molar-refractivity contribution < 1.29 is 24.5 Å². The average Bonchev–Trinajstić information content (AvgIpc) is 2.47. The molecule has 1 amide bonds. The summed E-state index contributed by atoms with van der Waals surface area (Å²) >= 11 is 0. The van der Waals surface area contributed by atoms with Crippen LogP contribution in [0.1, 0.15) is 29.6 Å². The first kappa shape index (κ1) is 15.3. The standard InChI is InChI=1S/C15H19NO5/c17-13-4-2-1-3-12(13)15(20)16-8-5-11(6-9-16)21-10-7-14(18)19/h1-4,11,17H,5-10H2,(H,18,19). The van der Waals surface area contributed by atoms with Crippen LogP contribution in [0.5, 0.6) is 5.75 Å². The number of nitrogens with zero attached hydrogens (tertiary/aromatic N) is 1. The molecule has 2 rings (SSSR count). The molecule has 0 aromatic heterocycles. The molecule has 0 atom stereocenters. The molecule has 114 valence electrons. The highest BCUT2D eigenvalue weighted by atomic mass is 16.5. The van der Waals surface area contributed by atoms with Gasteiger partial charge >= 0.3 is 5.97 Å². The molecule has 0 unspecified atom stereocenters. The lowest BCUT2D eigenvalue weighted by Gasteiger charge is -2.32. The zero-order valence-corrected chi connectivity index (χ0v) is 11.7. The zero-order chi connectivity index (χ0) is 15.2.